The van der Waals surface area contributed by atoms with Gasteiger partial charge in [0.2, 0.25) is 0 Å². The fourth-order valence-corrected chi connectivity index (χ4v) is 6.44. The van der Waals surface area contributed by atoms with Gasteiger partial charge >= 0.3 is 0 Å². The molecule has 2 rings (SSSR count). The van der Waals surface area contributed by atoms with Crippen LogP contribution in [-0.2, 0) is 14.2 Å². The van der Waals surface area contributed by atoms with Gasteiger partial charge in [0.25, 0.3) is 0 Å². The van der Waals surface area contributed by atoms with Gasteiger partial charge in [-0.25, -0.2) is 0 Å². The Balaban J connectivity index is 1.46. The van der Waals surface area contributed by atoms with Crippen molar-refractivity contribution in [3.63, 3.8) is 0 Å². The SMILES string of the molecule is CCCCC/C=C\C/C=C\CCCCCCCCC1(CCCCCCCC/C=C\C/C=C\CCCCC)OC2COCC2O1. The molecule has 44 heavy (non-hydrogen) atoms. The summed E-state index contributed by atoms with van der Waals surface area (Å²) in [5.41, 5.74) is 0. The summed E-state index contributed by atoms with van der Waals surface area (Å²) in [7, 11) is 0. The highest BCUT2D eigenvalue weighted by molar-refractivity contribution is 4.94. The molecule has 0 aromatic heterocycles. The number of ether oxygens (including phenoxy) is 3. The Morgan fingerprint density at radius 3 is 1.16 bits per heavy atom. The van der Waals surface area contributed by atoms with Crippen molar-refractivity contribution in [2.45, 2.75) is 199 Å². The van der Waals surface area contributed by atoms with Gasteiger partial charge in [0.05, 0.1) is 13.2 Å². The average Bonchev–Trinajstić information content (AvgIpc) is 3.60. The molecule has 2 saturated heterocycles. The first kappa shape index (κ1) is 39.0. The summed E-state index contributed by atoms with van der Waals surface area (Å²) >= 11 is 0. The second kappa shape index (κ2) is 28.1. The van der Waals surface area contributed by atoms with Crippen LogP contribution in [-0.4, -0.2) is 31.2 Å². The van der Waals surface area contributed by atoms with E-state index in [-0.39, 0.29) is 18.0 Å². The minimum atomic E-state index is -0.344. The van der Waals surface area contributed by atoms with E-state index in [0.29, 0.717) is 13.2 Å². The van der Waals surface area contributed by atoms with Gasteiger partial charge in [0.15, 0.2) is 5.79 Å². The fraction of sp³-hybridized carbons (Fsp3) is 0.805. The summed E-state index contributed by atoms with van der Waals surface area (Å²) in [4.78, 5) is 0. The number of unbranched alkanes of at least 4 members (excludes halogenated alkanes) is 18. The highest BCUT2D eigenvalue weighted by atomic mass is 16.8. The van der Waals surface area contributed by atoms with Gasteiger partial charge in [-0.3, -0.25) is 0 Å². The second-order valence-electron chi connectivity index (χ2n) is 13.4. The molecule has 2 aliphatic rings. The summed E-state index contributed by atoms with van der Waals surface area (Å²) in [6, 6.07) is 0. The minimum absolute atomic E-state index is 0.157. The third kappa shape index (κ3) is 20.1. The molecule has 0 N–H and O–H groups in total. The van der Waals surface area contributed by atoms with E-state index >= 15 is 0 Å². The molecule has 2 fully saturated rings. The molecule has 2 atom stereocenters. The van der Waals surface area contributed by atoms with Crippen LogP contribution in [0.3, 0.4) is 0 Å². The lowest BCUT2D eigenvalue weighted by Gasteiger charge is -2.29. The van der Waals surface area contributed by atoms with Crippen LogP contribution < -0.4 is 0 Å². The van der Waals surface area contributed by atoms with Crippen LogP contribution in [0, 0.1) is 0 Å². The van der Waals surface area contributed by atoms with Gasteiger partial charge < -0.3 is 14.2 Å². The number of hydrogen-bond donors (Lipinski definition) is 0. The number of rotatable bonds is 30. The van der Waals surface area contributed by atoms with Crippen molar-refractivity contribution < 1.29 is 14.2 Å². The molecule has 2 aliphatic heterocycles. The van der Waals surface area contributed by atoms with E-state index in [9.17, 15) is 0 Å². The van der Waals surface area contributed by atoms with E-state index in [1.807, 2.05) is 0 Å². The maximum absolute atomic E-state index is 6.55. The van der Waals surface area contributed by atoms with Crippen molar-refractivity contribution in [2.24, 2.45) is 0 Å². The number of fused-ring (bicyclic) bond motifs is 1. The van der Waals surface area contributed by atoms with Crippen molar-refractivity contribution in [3.05, 3.63) is 48.6 Å². The molecule has 2 heterocycles. The minimum Gasteiger partial charge on any atom is -0.376 e. The Hall–Kier alpha value is -1.16. The first-order chi connectivity index (χ1) is 21.8. The molecule has 0 aromatic carbocycles. The van der Waals surface area contributed by atoms with E-state index in [2.05, 4.69) is 62.5 Å². The second-order valence-corrected chi connectivity index (χ2v) is 13.4. The van der Waals surface area contributed by atoms with Crippen LogP contribution in [0.25, 0.3) is 0 Å². The largest absolute Gasteiger partial charge is 0.376 e. The normalized spacial score (nSPS) is 20.0. The molecule has 0 radical (unpaired) electrons. The van der Waals surface area contributed by atoms with Crippen LogP contribution >= 0.6 is 0 Å². The van der Waals surface area contributed by atoms with E-state index < -0.39 is 0 Å². The molecule has 0 spiro atoms. The zero-order valence-electron chi connectivity index (χ0n) is 29.3. The highest BCUT2D eigenvalue weighted by Gasteiger charge is 2.49. The number of allylic oxidation sites excluding steroid dienone is 8. The number of hydrogen-bond acceptors (Lipinski definition) is 3. The molecule has 0 aromatic rings. The van der Waals surface area contributed by atoms with E-state index in [1.165, 1.54) is 141 Å². The lowest BCUT2D eigenvalue weighted by Crippen LogP contribution is -2.32. The van der Waals surface area contributed by atoms with E-state index in [0.717, 1.165) is 25.7 Å². The monoisotopic (exact) mass is 613 g/mol. The Morgan fingerprint density at radius 1 is 0.432 bits per heavy atom. The van der Waals surface area contributed by atoms with Gasteiger partial charge in [0, 0.05) is 12.8 Å². The molecule has 0 aliphatic carbocycles. The predicted octanol–water partition coefficient (Wildman–Crippen LogP) is 12.9. The Morgan fingerprint density at radius 2 is 0.773 bits per heavy atom. The van der Waals surface area contributed by atoms with Crippen LogP contribution in [0.2, 0.25) is 0 Å². The van der Waals surface area contributed by atoms with Gasteiger partial charge in [-0.1, -0.05) is 140 Å². The van der Waals surface area contributed by atoms with Gasteiger partial charge in [-0.05, 0) is 77.0 Å². The standard InChI is InChI=1S/C41H72O3/c1-3-5-7-9-11-13-15-17-19-21-23-25-27-29-31-33-35-41(43-39-37-42-38-40(39)44-41)36-34-32-30-28-26-24-22-20-18-16-14-12-10-8-6-4-2/h11-14,17-20,39-40H,3-10,15-16,21-38H2,1-2H3/b13-11-,14-12-,19-17-,20-18-. The Bertz CT molecular complexity index is 689. The molecule has 2 unspecified atom stereocenters. The maximum atomic E-state index is 6.55. The van der Waals surface area contributed by atoms with E-state index in [4.69, 9.17) is 14.2 Å². The third-order valence-electron chi connectivity index (χ3n) is 9.23. The molecule has 254 valence electrons. The first-order valence-corrected chi connectivity index (χ1v) is 19.3. The summed E-state index contributed by atoms with van der Waals surface area (Å²) in [6.45, 7) is 5.95. The molecule has 3 heteroatoms. The Labute approximate surface area is 274 Å². The zero-order chi connectivity index (χ0) is 31.2. The van der Waals surface area contributed by atoms with Crippen LogP contribution in [0.1, 0.15) is 181 Å². The topological polar surface area (TPSA) is 27.7 Å². The van der Waals surface area contributed by atoms with Gasteiger partial charge in [0.1, 0.15) is 12.2 Å². The summed E-state index contributed by atoms with van der Waals surface area (Å²) < 4.78 is 18.7. The molecule has 0 bridgehead atoms. The fourth-order valence-electron chi connectivity index (χ4n) is 6.44. The zero-order valence-corrected chi connectivity index (χ0v) is 29.3. The highest BCUT2D eigenvalue weighted by Crippen LogP contribution is 2.40. The van der Waals surface area contributed by atoms with Crippen LogP contribution in [0.15, 0.2) is 48.6 Å². The van der Waals surface area contributed by atoms with Gasteiger partial charge in [-0.2, -0.15) is 0 Å². The first-order valence-electron chi connectivity index (χ1n) is 19.3. The Kier molecular flexibility index (Phi) is 24.9. The quantitative estimate of drug-likeness (QED) is 0.0596. The van der Waals surface area contributed by atoms with E-state index in [1.54, 1.807) is 0 Å². The summed E-state index contributed by atoms with van der Waals surface area (Å²) in [6.07, 6.45) is 52.1. The van der Waals surface area contributed by atoms with Crippen molar-refractivity contribution in [2.75, 3.05) is 13.2 Å². The average molecular weight is 613 g/mol. The van der Waals surface area contributed by atoms with Crippen LogP contribution in [0.4, 0.5) is 0 Å². The van der Waals surface area contributed by atoms with Crippen molar-refractivity contribution in [1.29, 1.82) is 0 Å². The maximum Gasteiger partial charge on any atom is 0.169 e. The van der Waals surface area contributed by atoms with Crippen molar-refractivity contribution in [1.82, 2.24) is 0 Å². The summed E-state index contributed by atoms with van der Waals surface area (Å²) in [5, 5.41) is 0. The summed E-state index contributed by atoms with van der Waals surface area (Å²) in [5.74, 6) is -0.344. The molecule has 0 amide bonds. The predicted molar refractivity (Wildman–Crippen MR) is 191 cm³/mol. The van der Waals surface area contributed by atoms with Crippen LogP contribution in [0.5, 0.6) is 0 Å². The molecular formula is C41H72O3. The lowest BCUT2D eigenvalue weighted by atomic mass is 9.98. The lowest BCUT2D eigenvalue weighted by molar-refractivity contribution is -0.200. The van der Waals surface area contributed by atoms with Gasteiger partial charge in [-0.15, -0.1) is 0 Å². The third-order valence-corrected chi connectivity index (χ3v) is 9.23. The molecule has 0 saturated carbocycles. The van der Waals surface area contributed by atoms with Crippen molar-refractivity contribution >= 4 is 0 Å². The smallest absolute Gasteiger partial charge is 0.169 e. The molecular weight excluding hydrogens is 540 g/mol. The van der Waals surface area contributed by atoms with Crippen molar-refractivity contribution in [3.8, 4) is 0 Å². The molecule has 3 nitrogen and oxygen atoms in total.